The first-order chi connectivity index (χ1) is 11.3. The Morgan fingerprint density at radius 1 is 1.09 bits per heavy atom. The highest BCUT2D eigenvalue weighted by Gasteiger charge is 2.25. The van der Waals surface area contributed by atoms with Crippen molar-refractivity contribution in [1.29, 1.82) is 0 Å². The highest BCUT2D eigenvalue weighted by molar-refractivity contribution is 5.82. The second-order valence-corrected chi connectivity index (χ2v) is 7.00. The number of hydrogen-bond donors (Lipinski definition) is 2. The molecule has 4 nitrogen and oxygen atoms in total. The van der Waals surface area contributed by atoms with E-state index in [1.165, 1.54) is 32.2 Å². The second-order valence-electron chi connectivity index (χ2n) is 7.00. The fourth-order valence-electron chi connectivity index (χ4n) is 3.48. The lowest BCUT2D eigenvalue weighted by Gasteiger charge is -2.29. The highest BCUT2D eigenvalue weighted by atomic mass is 16.5. The summed E-state index contributed by atoms with van der Waals surface area (Å²) >= 11 is 0. The standard InChI is InChI=1S/C19H24N2O2/c22-19-18-8-7-17(11-14(18)9-10-20-19)23-16-5-3-15(4-6-16)21-12-13-1-2-13/h7-11,13,15-16,21H,1-6,12H2,(H,20,22)/t15-,16+. The number of aromatic nitrogens is 1. The zero-order chi connectivity index (χ0) is 15.6. The minimum Gasteiger partial charge on any atom is -0.490 e. The minimum atomic E-state index is -0.0451. The van der Waals surface area contributed by atoms with Gasteiger partial charge in [-0.25, -0.2) is 0 Å². The molecular weight excluding hydrogens is 288 g/mol. The molecule has 2 aliphatic rings. The minimum absolute atomic E-state index is 0.0451. The Labute approximate surface area is 136 Å². The molecule has 2 fully saturated rings. The van der Waals surface area contributed by atoms with Crippen LogP contribution in [0.2, 0.25) is 0 Å². The van der Waals surface area contributed by atoms with Crippen molar-refractivity contribution in [3.05, 3.63) is 40.8 Å². The topological polar surface area (TPSA) is 54.1 Å². The van der Waals surface area contributed by atoms with Crippen LogP contribution < -0.4 is 15.6 Å². The van der Waals surface area contributed by atoms with Gasteiger partial charge >= 0.3 is 0 Å². The van der Waals surface area contributed by atoms with Crippen LogP contribution in [0.1, 0.15) is 38.5 Å². The quantitative estimate of drug-likeness (QED) is 0.891. The van der Waals surface area contributed by atoms with E-state index in [1.807, 2.05) is 24.3 Å². The maximum atomic E-state index is 11.7. The van der Waals surface area contributed by atoms with Crippen LogP contribution in [0.15, 0.2) is 35.3 Å². The van der Waals surface area contributed by atoms with Gasteiger partial charge in [-0.2, -0.15) is 0 Å². The summed E-state index contributed by atoms with van der Waals surface area (Å²) in [6.45, 7) is 1.20. The summed E-state index contributed by atoms with van der Waals surface area (Å²) in [4.78, 5) is 14.4. The molecule has 0 unspecified atom stereocenters. The molecule has 2 saturated carbocycles. The Kier molecular flexibility index (Phi) is 4.08. The first-order valence-electron chi connectivity index (χ1n) is 8.79. The average Bonchev–Trinajstić information content (AvgIpc) is 3.39. The third kappa shape index (κ3) is 3.58. The molecule has 1 aromatic heterocycles. The van der Waals surface area contributed by atoms with Crippen molar-refractivity contribution in [1.82, 2.24) is 10.3 Å². The van der Waals surface area contributed by atoms with Crippen LogP contribution in [0, 0.1) is 5.92 Å². The Morgan fingerprint density at radius 2 is 1.91 bits per heavy atom. The largest absolute Gasteiger partial charge is 0.490 e. The van der Waals surface area contributed by atoms with Gasteiger partial charge in [-0.15, -0.1) is 0 Å². The van der Waals surface area contributed by atoms with Crippen molar-refractivity contribution in [2.45, 2.75) is 50.7 Å². The smallest absolute Gasteiger partial charge is 0.255 e. The van der Waals surface area contributed by atoms with E-state index in [-0.39, 0.29) is 5.56 Å². The van der Waals surface area contributed by atoms with Gasteiger partial charge in [0.15, 0.2) is 0 Å². The van der Waals surface area contributed by atoms with Gasteiger partial charge in [0, 0.05) is 17.6 Å². The van der Waals surface area contributed by atoms with Gasteiger partial charge in [-0.05, 0) is 80.6 Å². The average molecular weight is 312 g/mol. The highest BCUT2D eigenvalue weighted by Crippen LogP contribution is 2.29. The summed E-state index contributed by atoms with van der Waals surface area (Å²) in [7, 11) is 0. The van der Waals surface area contributed by atoms with Gasteiger partial charge in [-0.1, -0.05) is 0 Å². The summed E-state index contributed by atoms with van der Waals surface area (Å²) < 4.78 is 6.15. The van der Waals surface area contributed by atoms with Gasteiger partial charge in [0.05, 0.1) is 6.10 Å². The third-order valence-electron chi connectivity index (χ3n) is 5.11. The fraction of sp³-hybridized carbons (Fsp3) is 0.526. The maximum absolute atomic E-state index is 11.7. The van der Waals surface area contributed by atoms with Gasteiger partial charge in [0.25, 0.3) is 5.56 Å². The van der Waals surface area contributed by atoms with E-state index in [1.54, 1.807) is 6.20 Å². The number of hydrogen-bond acceptors (Lipinski definition) is 3. The van der Waals surface area contributed by atoms with E-state index in [0.29, 0.717) is 17.5 Å². The Morgan fingerprint density at radius 3 is 2.70 bits per heavy atom. The van der Waals surface area contributed by atoms with Gasteiger partial charge < -0.3 is 15.0 Å². The summed E-state index contributed by atoms with van der Waals surface area (Å²) in [5.41, 5.74) is -0.0451. The van der Waals surface area contributed by atoms with E-state index in [9.17, 15) is 4.79 Å². The molecule has 0 radical (unpaired) electrons. The molecule has 0 spiro atoms. The van der Waals surface area contributed by atoms with Crippen LogP contribution in [-0.2, 0) is 0 Å². The van der Waals surface area contributed by atoms with E-state index in [2.05, 4.69) is 10.3 Å². The molecule has 0 aliphatic heterocycles. The van der Waals surface area contributed by atoms with Crippen molar-refractivity contribution in [3.63, 3.8) is 0 Å². The molecule has 23 heavy (non-hydrogen) atoms. The lowest BCUT2D eigenvalue weighted by Crippen LogP contribution is -2.37. The summed E-state index contributed by atoms with van der Waals surface area (Å²) in [5.74, 6) is 1.82. The SMILES string of the molecule is O=c1[nH]ccc2cc(O[C@H]3CC[C@@H](NCC4CC4)CC3)ccc12. The molecule has 0 bridgehead atoms. The van der Waals surface area contributed by atoms with Gasteiger partial charge in [-0.3, -0.25) is 4.79 Å². The van der Waals surface area contributed by atoms with Crippen LogP contribution in [0.4, 0.5) is 0 Å². The van der Waals surface area contributed by atoms with Crippen molar-refractivity contribution < 1.29 is 4.74 Å². The number of nitrogens with one attached hydrogen (secondary N) is 2. The van der Waals surface area contributed by atoms with Crippen molar-refractivity contribution >= 4 is 10.8 Å². The molecule has 2 aliphatic carbocycles. The van der Waals surface area contributed by atoms with Gasteiger partial charge in [0.1, 0.15) is 5.75 Å². The molecule has 4 rings (SSSR count). The number of rotatable bonds is 5. The third-order valence-corrected chi connectivity index (χ3v) is 5.11. The number of ether oxygens (including phenoxy) is 1. The number of pyridine rings is 1. The molecule has 0 saturated heterocycles. The molecule has 0 amide bonds. The molecular formula is C19H24N2O2. The van der Waals surface area contributed by atoms with Crippen molar-refractivity contribution in [2.24, 2.45) is 5.92 Å². The Hall–Kier alpha value is -1.81. The molecule has 2 aromatic rings. The van der Waals surface area contributed by atoms with E-state index < -0.39 is 0 Å². The van der Waals surface area contributed by atoms with E-state index >= 15 is 0 Å². The van der Waals surface area contributed by atoms with Gasteiger partial charge in [0.2, 0.25) is 0 Å². The summed E-state index contributed by atoms with van der Waals surface area (Å²) in [6.07, 6.45) is 9.42. The van der Waals surface area contributed by atoms with Crippen LogP contribution in [0.5, 0.6) is 5.75 Å². The normalized spacial score (nSPS) is 24.7. The number of H-pyrrole nitrogens is 1. The number of aromatic amines is 1. The zero-order valence-corrected chi connectivity index (χ0v) is 13.4. The summed E-state index contributed by atoms with van der Waals surface area (Å²) in [5, 5.41) is 5.36. The van der Waals surface area contributed by atoms with Crippen LogP contribution in [0.25, 0.3) is 10.8 Å². The fourth-order valence-corrected chi connectivity index (χ4v) is 3.48. The lowest BCUT2D eigenvalue weighted by molar-refractivity contribution is 0.139. The van der Waals surface area contributed by atoms with Crippen LogP contribution in [-0.4, -0.2) is 23.7 Å². The van der Waals surface area contributed by atoms with Crippen LogP contribution in [0.3, 0.4) is 0 Å². The first-order valence-corrected chi connectivity index (χ1v) is 8.79. The Balaban J connectivity index is 1.34. The second kappa shape index (κ2) is 6.36. The molecule has 0 atom stereocenters. The zero-order valence-electron chi connectivity index (χ0n) is 13.4. The molecule has 122 valence electrons. The monoisotopic (exact) mass is 312 g/mol. The predicted octanol–water partition coefficient (Wildman–Crippen LogP) is 3.22. The van der Waals surface area contributed by atoms with E-state index in [4.69, 9.17) is 4.74 Å². The molecule has 1 heterocycles. The summed E-state index contributed by atoms with van der Waals surface area (Å²) in [6, 6.07) is 8.33. The predicted molar refractivity (Wildman–Crippen MR) is 92.0 cm³/mol. The van der Waals surface area contributed by atoms with Crippen molar-refractivity contribution in [2.75, 3.05) is 6.54 Å². The number of fused-ring (bicyclic) bond motifs is 1. The molecule has 4 heteroatoms. The number of benzene rings is 1. The Bertz CT molecular complexity index is 727. The molecule has 2 N–H and O–H groups in total. The van der Waals surface area contributed by atoms with Crippen molar-refractivity contribution in [3.8, 4) is 5.75 Å². The van der Waals surface area contributed by atoms with E-state index in [0.717, 1.165) is 29.9 Å². The maximum Gasteiger partial charge on any atom is 0.255 e. The van der Waals surface area contributed by atoms with Crippen LogP contribution >= 0.6 is 0 Å². The first kappa shape index (κ1) is 14.8. The lowest BCUT2D eigenvalue weighted by atomic mass is 9.93. The molecule has 1 aromatic carbocycles.